The van der Waals surface area contributed by atoms with E-state index in [0.29, 0.717) is 28.1 Å². The zero-order valence-electron chi connectivity index (χ0n) is 20.0. The molecule has 1 atom stereocenters. The minimum atomic E-state index is -0.457. The van der Waals surface area contributed by atoms with Gasteiger partial charge >= 0.3 is 0 Å². The molecular weight excluding hydrogens is 480 g/mol. The number of anilines is 2. The van der Waals surface area contributed by atoms with Crippen molar-refractivity contribution >= 4 is 51.5 Å². The zero-order chi connectivity index (χ0) is 24.9. The molecule has 2 N–H and O–H groups in total. The number of rotatable bonds is 8. The van der Waals surface area contributed by atoms with E-state index in [1.807, 2.05) is 69.3 Å². The number of aryl methyl sites for hydroxylation is 2. The Bertz CT molecular complexity index is 1240. The highest BCUT2D eigenvalue weighted by molar-refractivity contribution is 8.01. The first-order chi connectivity index (χ1) is 16.9. The molecule has 1 aromatic heterocycles. The highest BCUT2D eigenvalue weighted by Gasteiger charge is 2.36. The van der Waals surface area contributed by atoms with Gasteiger partial charge in [-0.05, 0) is 44.0 Å². The first-order valence-electron chi connectivity index (χ1n) is 11.5. The first kappa shape index (κ1) is 24.9. The highest BCUT2D eigenvalue weighted by atomic mass is 32.2. The van der Waals surface area contributed by atoms with Crippen LogP contribution in [0, 0.1) is 19.8 Å². The van der Waals surface area contributed by atoms with E-state index < -0.39 is 5.92 Å². The van der Waals surface area contributed by atoms with E-state index in [2.05, 4.69) is 10.6 Å². The maximum Gasteiger partial charge on any atom is 0.230 e. The molecule has 4 rings (SSSR count). The van der Waals surface area contributed by atoms with Gasteiger partial charge in [0.2, 0.25) is 17.7 Å². The summed E-state index contributed by atoms with van der Waals surface area (Å²) in [7, 11) is 0. The summed E-state index contributed by atoms with van der Waals surface area (Å²) in [6, 6.07) is 15.5. The van der Waals surface area contributed by atoms with E-state index in [-0.39, 0.29) is 29.9 Å². The summed E-state index contributed by atoms with van der Waals surface area (Å²) in [6.45, 7) is 6.84. The van der Waals surface area contributed by atoms with Gasteiger partial charge in [0.25, 0.3) is 0 Å². The fraction of sp³-hybridized carbons (Fsp3) is 0.308. The third kappa shape index (κ3) is 5.91. The molecule has 2 heterocycles. The third-order valence-electron chi connectivity index (χ3n) is 5.89. The SMILES string of the molecule is CCNC(=O)CSc1nc(-c2ccccc2)c(NC(=O)C2CC(=O)N(c3ccc(C)c(C)c3)C2)s1. The van der Waals surface area contributed by atoms with E-state index in [0.717, 1.165) is 22.4 Å². The molecule has 182 valence electrons. The fourth-order valence-corrected chi connectivity index (χ4v) is 5.75. The van der Waals surface area contributed by atoms with Crippen molar-refractivity contribution in [3.05, 3.63) is 59.7 Å². The van der Waals surface area contributed by atoms with Crippen molar-refractivity contribution < 1.29 is 14.4 Å². The number of aromatic nitrogens is 1. The molecule has 7 nitrogen and oxygen atoms in total. The molecule has 9 heteroatoms. The largest absolute Gasteiger partial charge is 0.356 e. The topological polar surface area (TPSA) is 91.4 Å². The maximum atomic E-state index is 13.2. The van der Waals surface area contributed by atoms with E-state index in [4.69, 9.17) is 4.98 Å². The number of carbonyl (C=O) groups excluding carboxylic acids is 3. The number of benzene rings is 2. The zero-order valence-corrected chi connectivity index (χ0v) is 21.6. The van der Waals surface area contributed by atoms with Crippen LogP contribution in [0.5, 0.6) is 0 Å². The normalized spacial score (nSPS) is 15.3. The summed E-state index contributed by atoms with van der Waals surface area (Å²) in [5.41, 5.74) is 4.63. The second-order valence-electron chi connectivity index (χ2n) is 8.43. The van der Waals surface area contributed by atoms with Gasteiger partial charge in [-0.1, -0.05) is 59.5 Å². The Kier molecular flexibility index (Phi) is 7.87. The molecule has 1 aliphatic heterocycles. The lowest BCUT2D eigenvalue weighted by Gasteiger charge is -2.18. The lowest BCUT2D eigenvalue weighted by Crippen LogP contribution is -2.28. The monoisotopic (exact) mass is 508 g/mol. The van der Waals surface area contributed by atoms with Crippen molar-refractivity contribution in [2.75, 3.05) is 29.1 Å². The van der Waals surface area contributed by atoms with Gasteiger partial charge in [-0.15, -0.1) is 0 Å². The molecule has 3 amide bonds. The van der Waals surface area contributed by atoms with Gasteiger partial charge in [0.1, 0.15) is 10.7 Å². The molecule has 35 heavy (non-hydrogen) atoms. The number of hydrogen-bond acceptors (Lipinski definition) is 6. The predicted octanol–water partition coefficient (Wildman–Crippen LogP) is 4.65. The summed E-state index contributed by atoms with van der Waals surface area (Å²) in [6.07, 6.45) is 0.164. The first-order valence-corrected chi connectivity index (χ1v) is 13.3. The molecule has 1 fully saturated rings. The van der Waals surface area contributed by atoms with Crippen molar-refractivity contribution in [1.82, 2.24) is 10.3 Å². The van der Waals surface area contributed by atoms with Crippen molar-refractivity contribution in [3.63, 3.8) is 0 Å². The molecular formula is C26H28N4O3S2. The molecule has 1 unspecified atom stereocenters. The van der Waals surface area contributed by atoms with Crippen LogP contribution in [0.3, 0.4) is 0 Å². The average Bonchev–Trinajstić information content (AvgIpc) is 3.44. The van der Waals surface area contributed by atoms with Crippen molar-refractivity contribution in [3.8, 4) is 11.3 Å². The number of amides is 3. The second kappa shape index (κ2) is 11.0. The van der Waals surface area contributed by atoms with Crippen LogP contribution < -0.4 is 15.5 Å². The Morgan fingerprint density at radius 3 is 2.63 bits per heavy atom. The molecule has 0 radical (unpaired) electrons. The highest BCUT2D eigenvalue weighted by Crippen LogP contribution is 2.38. The van der Waals surface area contributed by atoms with Gasteiger partial charge in [0.15, 0.2) is 4.34 Å². The Hall–Kier alpha value is -3.17. The summed E-state index contributed by atoms with van der Waals surface area (Å²) < 4.78 is 0.699. The van der Waals surface area contributed by atoms with Crippen LogP contribution in [0.15, 0.2) is 52.9 Å². The van der Waals surface area contributed by atoms with Crippen LogP contribution in [0.25, 0.3) is 11.3 Å². The fourth-order valence-electron chi connectivity index (χ4n) is 3.85. The summed E-state index contributed by atoms with van der Waals surface area (Å²) >= 11 is 2.68. The number of hydrogen-bond donors (Lipinski definition) is 2. The number of thiazole rings is 1. The smallest absolute Gasteiger partial charge is 0.230 e. The molecule has 1 saturated heterocycles. The lowest BCUT2D eigenvalue weighted by molar-refractivity contribution is -0.122. The number of thioether (sulfide) groups is 1. The third-order valence-corrected chi connectivity index (χ3v) is 8.00. The molecule has 0 spiro atoms. The summed E-state index contributed by atoms with van der Waals surface area (Å²) in [5.74, 6) is -0.521. The Balaban J connectivity index is 1.51. The van der Waals surface area contributed by atoms with Crippen LogP contribution in [0.2, 0.25) is 0 Å². The maximum absolute atomic E-state index is 13.2. The Morgan fingerprint density at radius 2 is 1.91 bits per heavy atom. The average molecular weight is 509 g/mol. The standard InChI is InChI=1S/C26H28N4O3S2/c1-4-27-21(31)15-34-26-28-23(18-8-6-5-7-9-18)25(35-26)29-24(33)19-13-22(32)30(14-19)20-11-10-16(2)17(3)12-20/h5-12,19H,4,13-15H2,1-3H3,(H,27,31)(H,29,33). The van der Waals surface area contributed by atoms with E-state index in [1.54, 1.807) is 4.90 Å². The minimum absolute atomic E-state index is 0.0563. The molecule has 0 aliphatic carbocycles. The van der Waals surface area contributed by atoms with Crippen LogP contribution in [-0.4, -0.2) is 41.5 Å². The molecule has 1 aliphatic rings. The lowest BCUT2D eigenvalue weighted by atomic mass is 10.1. The molecule has 0 bridgehead atoms. The van der Waals surface area contributed by atoms with Crippen molar-refractivity contribution in [2.24, 2.45) is 5.92 Å². The van der Waals surface area contributed by atoms with Crippen molar-refractivity contribution in [1.29, 1.82) is 0 Å². The van der Waals surface area contributed by atoms with Gasteiger partial charge in [0, 0.05) is 30.8 Å². The van der Waals surface area contributed by atoms with Crippen LogP contribution >= 0.6 is 23.1 Å². The molecule has 0 saturated carbocycles. The Labute approximate surface area is 213 Å². The Morgan fingerprint density at radius 1 is 1.14 bits per heavy atom. The number of carbonyl (C=O) groups is 3. The minimum Gasteiger partial charge on any atom is -0.356 e. The van der Waals surface area contributed by atoms with Gasteiger partial charge < -0.3 is 15.5 Å². The van der Waals surface area contributed by atoms with Crippen LogP contribution in [0.4, 0.5) is 10.7 Å². The summed E-state index contributed by atoms with van der Waals surface area (Å²) in [4.78, 5) is 44.2. The quantitative estimate of drug-likeness (QED) is 0.433. The number of nitrogens with one attached hydrogen (secondary N) is 2. The van der Waals surface area contributed by atoms with Gasteiger partial charge in [0.05, 0.1) is 11.7 Å². The van der Waals surface area contributed by atoms with Crippen molar-refractivity contribution in [2.45, 2.75) is 31.5 Å². The molecule has 3 aromatic rings. The van der Waals surface area contributed by atoms with Crippen LogP contribution in [0.1, 0.15) is 24.5 Å². The van der Waals surface area contributed by atoms with Gasteiger partial charge in [-0.2, -0.15) is 0 Å². The van der Waals surface area contributed by atoms with Gasteiger partial charge in [-0.25, -0.2) is 4.98 Å². The van der Waals surface area contributed by atoms with E-state index >= 15 is 0 Å². The van der Waals surface area contributed by atoms with E-state index in [9.17, 15) is 14.4 Å². The second-order valence-corrected chi connectivity index (χ2v) is 10.7. The van der Waals surface area contributed by atoms with Crippen LogP contribution in [-0.2, 0) is 14.4 Å². The number of nitrogens with zero attached hydrogens (tertiary/aromatic N) is 2. The van der Waals surface area contributed by atoms with E-state index in [1.165, 1.54) is 23.1 Å². The summed E-state index contributed by atoms with van der Waals surface area (Å²) in [5, 5.41) is 6.42. The van der Waals surface area contributed by atoms with Gasteiger partial charge in [-0.3, -0.25) is 14.4 Å². The molecule has 2 aromatic carbocycles. The predicted molar refractivity (Wildman–Crippen MR) is 142 cm³/mol.